The van der Waals surface area contributed by atoms with E-state index in [4.69, 9.17) is 10.2 Å². The Morgan fingerprint density at radius 2 is 2.11 bits per heavy atom. The second-order valence-electron chi connectivity index (χ2n) is 4.07. The molecule has 0 aliphatic heterocycles. The van der Waals surface area contributed by atoms with E-state index in [-0.39, 0.29) is 0 Å². The molecule has 0 spiro atoms. The zero-order valence-electron chi connectivity index (χ0n) is 9.88. The average molecular weight is 256 g/mol. The van der Waals surface area contributed by atoms with E-state index in [1.54, 1.807) is 23.8 Å². The molecule has 18 heavy (non-hydrogen) atoms. The summed E-state index contributed by atoms with van der Waals surface area (Å²) in [6.45, 7) is 2.09. The van der Waals surface area contributed by atoms with Gasteiger partial charge >= 0.3 is 0 Å². The minimum absolute atomic E-state index is 0.640. The Labute approximate surface area is 109 Å². The number of oxazole rings is 1. The average Bonchev–Trinajstić information content (AvgIpc) is 3.01. The Balaban J connectivity index is 2.12. The van der Waals surface area contributed by atoms with Crippen LogP contribution in [0.1, 0.15) is 5.56 Å². The normalized spacial score (nSPS) is 10.7. The molecule has 2 heterocycles. The topological polar surface area (TPSA) is 52.0 Å². The fraction of sp³-hybridized carbons (Fsp3) is 0.0714. The fourth-order valence-corrected chi connectivity index (χ4v) is 2.74. The van der Waals surface area contributed by atoms with Crippen molar-refractivity contribution < 1.29 is 4.42 Å². The Bertz CT molecular complexity index is 671. The van der Waals surface area contributed by atoms with E-state index < -0.39 is 0 Å². The first-order valence-electron chi connectivity index (χ1n) is 5.60. The van der Waals surface area contributed by atoms with Crippen LogP contribution in [0.2, 0.25) is 0 Å². The van der Waals surface area contributed by atoms with Crippen LogP contribution in [0.3, 0.4) is 0 Å². The number of thiophene rings is 1. The Morgan fingerprint density at radius 3 is 2.78 bits per heavy atom. The molecule has 0 saturated carbocycles. The molecule has 0 fully saturated rings. The molecule has 2 aromatic heterocycles. The molecular formula is C14H12N2OS. The van der Waals surface area contributed by atoms with Crippen LogP contribution in [0, 0.1) is 6.92 Å². The van der Waals surface area contributed by atoms with Gasteiger partial charge in [0.25, 0.3) is 0 Å². The second-order valence-corrected chi connectivity index (χ2v) is 5.18. The van der Waals surface area contributed by atoms with Gasteiger partial charge in [0.15, 0.2) is 0 Å². The van der Waals surface area contributed by atoms with Gasteiger partial charge in [-0.15, -0.1) is 11.3 Å². The number of rotatable bonds is 2. The van der Waals surface area contributed by atoms with Crippen molar-refractivity contribution >= 4 is 16.3 Å². The summed E-state index contributed by atoms with van der Waals surface area (Å²) in [6.07, 6.45) is 3.23. The van der Waals surface area contributed by atoms with Crippen LogP contribution in [0.15, 0.2) is 47.2 Å². The molecule has 4 heteroatoms. The highest BCUT2D eigenvalue weighted by Gasteiger charge is 2.09. The second kappa shape index (κ2) is 4.31. The lowest BCUT2D eigenvalue weighted by Gasteiger charge is -2.05. The third-order valence-electron chi connectivity index (χ3n) is 2.81. The maximum absolute atomic E-state index is 5.79. The van der Waals surface area contributed by atoms with Gasteiger partial charge in [-0.05, 0) is 42.3 Å². The van der Waals surface area contributed by atoms with Gasteiger partial charge in [0.2, 0.25) is 5.89 Å². The number of nitrogens with two attached hydrogens (primary N) is 1. The molecule has 0 unspecified atom stereocenters. The monoisotopic (exact) mass is 256 g/mol. The van der Waals surface area contributed by atoms with E-state index >= 15 is 0 Å². The molecule has 3 nitrogen and oxygen atoms in total. The van der Waals surface area contributed by atoms with Gasteiger partial charge in [-0.2, -0.15) is 0 Å². The van der Waals surface area contributed by atoms with Crippen LogP contribution >= 0.6 is 11.3 Å². The van der Waals surface area contributed by atoms with Crippen molar-refractivity contribution in [2.24, 2.45) is 0 Å². The number of nitrogen functional groups attached to an aromatic ring is 1. The molecule has 0 aliphatic rings. The van der Waals surface area contributed by atoms with Crippen LogP contribution in [0.25, 0.3) is 21.9 Å². The van der Waals surface area contributed by atoms with Crippen LogP contribution in [-0.2, 0) is 0 Å². The highest BCUT2D eigenvalue weighted by Crippen LogP contribution is 2.34. The molecule has 0 aliphatic carbocycles. The lowest BCUT2D eigenvalue weighted by Crippen LogP contribution is -1.83. The smallest absolute Gasteiger partial charge is 0.225 e. The SMILES string of the molecule is Cc1ccc(-c2ncco2)cc1-c1ccc(N)s1. The Kier molecular flexibility index (Phi) is 2.64. The summed E-state index contributed by atoms with van der Waals surface area (Å²) in [5, 5.41) is 0.825. The third-order valence-corrected chi connectivity index (χ3v) is 3.76. The molecule has 0 bridgehead atoms. The van der Waals surface area contributed by atoms with E-state index in [0.29, 0.717) is 5.89 Å². The molecule has 1 aromatic carbocycles. The van der Waals surface area contributed by atoms with Gasteiger partial charge in [-0.1, -0.05) is 6.07 Å². The summed E-state index contributed by atoms with van der Waals surface area (Å²) >= 11 is 1.59. The third kappa shape index (κ3) is 1.91. The van der Waals surface area contributed by atoms with Crippen LogP contribution < -0.4 is 5.73 Å². The predicted molar refractivity (Wildman–Crippen MR) is 74.4 cm³/mol. The molecule has 0 amide bonds. The van der Waals surface area contributed by atoms with Crippen LogP contribution in [0.4, 0.5) is 5.00 Å². The standard InChI is InChI=1S/C14H12N2OS/c1-9-2-3-10(14-16-6-7-17-14)8-11(9)12-4-5-13(15)18-12/h2-8H,15H2,1H3. The van der Waals surface area contributed by atoms with Crippen LogP contribution in [-0.4, -0.2) is 4.98 Å². The van der Waals surface area contributed by atoms with Gasteiger partial charge in [0, 0.05) is 10.4 Å². The molecule has 0 atom stereocenters. The summed E-state index contributed by atoms with van der Waals surface area (Å²) in [7, 11) is 0. The lowest BCUT2D eigenvalue weighted by atomic mass is 10.0. The number of hydrogen-bond acceptors (Lipinski definition) is 4. The van der Waals surface area contributed by atoms with Crippen molar-refractivity contribution in [3.8, 4) is 21.9 Å². The summed E-state index contributed by atoms with van der Waals surface area (Å²) in [5.74, 6) is 0.640. The van der Waals surface area contributed by atoms with Crippen molar-refractivity contribution in [3.63, 3.8) is 0 Å². The van der Waals surface area contributed by atoms with E-state index in [1.807, 2.05) is 18.2 Å². The van der Waals surface area contributed by atoms with Gasteiger partial charge in [0.05, 0.1) is 11.2 Å². The van der Waals surface area contributed by atoms with Gasteiger partial charge in [-0.3, -0.25) is 0 Å². The molecule has 0 radical (unpaired) electrons. The van der Waals surface area contributed by atoms with E-state index in [0.717, 1.165) is 10.6 Å². The van der Waals surface area contributed by atoms with E-state index in [9.17, 15) is 0 Å². The zero-order valence-corrected chi connectivity index (χ0v) is 10.7. The quantitative estimate of drug-likeness (QED) is 0.755. The number of anilines is 1. The van der Waals surface area contributed by atoms with Crippen molar-refractivity contribution in [1.29, 1.82) is 0 Å². The van der Waals surface area contributed by atoms with Gasteiger partial charge < -0.3 is 10.2 Å². The number of aryl methyl sites for hydroxylation is 1. The van der Waals surface area contributed by atoms with Crippen LogP contribution in [0.5, 0.6) is 0 Å². The van der Waals surface area contributed by atoms with E-state index in [2.05, 4.69) is 24.0 Å². The zero-order chi connectivity index (χ0) is 12.5. The highest BCUT2D eigenvalue weighted by molar-refractivity contribution is 7.19. The fourth-order valence-electron chi connectivity index (χ4n) is 1.88. The summed E-state index contributed by atoms with van der Waals surface area (Å²) in [6, 6.07) is 10.2. The van der Waals surface area contributed by atoms with Crippen molar-refractivity contribution in [2.75, 3.05) is 5.73 Å². The number of benzene rings is 1. The Morgan fingerprint density at radius 1 is 1.22 bits per heavy atom. The Hall–Kier alpha value is -2.07. The molecule has 90 valence electrons. The summed E-state index contributed by atoms with van der Waals surface area (Å²) in [5.41, 5.74) is 9.15. The molecular weight excluding hydrogens is 244 g/mol. The van der Waals surface area contributed by atoms with E-state index in [1.165, 1.54) is 16.0 Å². The van der Waals surface area contributed by atoms with Crippen molar-refractivity contribution in [1.82, 2.24) is 4.98 Å². The largest absolute Gasteiger partial charge is 0.445 e. The number of nitrogens with zero attached hydrogens (tertiary/aromatic N) is 1. The van der Waals surface area contributed by atoms with Gasteiger partial charge in [0.1, 0.15) is 6.26 Å². The molecule has 3 rings (SSSR count). The molecule has 3 aromatic rings. The van der Waals surface area contributed by atoms with Crippen molar-refractivity contribution in [3.05, 3.63) is 48.4 Å². The first-order chi connectivity index (χ1) is 8.74. The first kappa shape index (κ1) is 11.0. The van der Waals surface area contributed by atoms with Crippen molar-refractivity contribution in [2.45, 2.75) is 6.92 Å². The predicted octanol–water partition coefficient (Wildman–Crippen LogP) is 3.96. The molecule has 0 saturated heterocycles. The summed E-state index contributed by atoms with van der Waals surface area (Å²) in [4.78, 5) is 5.33. The van der Waals surface area contributed by atoms with Gasteiger partial charge in [-0.25, -0.2) is 4.98 Å². The minimum atomic E-state index is 0.640. The molecule has 2 N–H and O–H groups in total. The highest BCUT2D eigenvalue weighted by atomic mass is 32.1. The minimum Gasteiger partial charge on any atom is -0.445 e. The number of hydrogen-bond donors (Lipinski definition) is 1. The lowest BCUT2D eigenvalue weighted by molar-refractivity contribution is 0.574. The maximum atomic E-state index is 5.79. The summed E-state index contributed by atoms with van der Waals surface area (Å²) < 4.78 is 5.32. The first-order valence-corrected chi connectivity index (χ1v) is 6.42. The maximum Gasteiger partial charge on any atom is 0.225 e. The number of aromatic nitrogens is 1.